The van der Waals surface area contributed by atoms with Gasteiger partial charge in [-0.3, -0.25) is 14.4 Å². The summed E-state index contributed by atoms with van der Waals surface area (Å²) in [6.07, 6.45) is 5.33. The predicted molar refractivity (Wildman–Crippen MR) is 123 cm³/mol. The zero-order valence-electron chi connectivity index (χ0n) is 18.3. The molecular weight excluding hydrogens is 465 g/mol. The minimum atomic E-state index is -0.744. The number of amides is 2. The Morgan fingerprint density at radius 2 is 2.06 bits per heavy atom. The summed E-state index contributed by atoms with van der Waals surface area (Å²) in [5.41, 5.74) is 0. The molecule has 1 unspecified atom stereocenters. The van der Waals surface area contributed by atoms with Crippen molar-refractivity contribution in [3.05, 3.63) is 28.2 Å². The van der Waals surface area contributed by atoms with Crippen molar-refractivity contribution in [3.63, 3.8) is 0 Å². The van der Waals surface area contributed by atoms with Crippen molar-refractivity contribution in [3.8, 4) is 11.8 Å². The van der Waals surface area contributed by atoms with Crippen LogP contribution in [0.3, 0.4) is 0 Å². The van der Waals surface area contributed by atoms with Gasteiger partial charge in [-0.15, -0.1) is 0 Å². The van der Waals surface area contributed by atoms with E-state index < -0.39 is 12.1 Å². The van der Waals surface area contributed by atoms with Crippen LogP contribution in [-0.2, 0) is 14.4 Å². The van der Waals surface area contributed by atoms with E-state index >= 15 is 0 Å². The lowest BCUT2D eigenvalue weighted by atomic mass is 9.92. The number of nitrogens with one attached hydrogen (secondary N) is 1. The molecule has 2 amide bonds. The number of nitrogens with zero attached hydrogens (tertiary/aromatic N) is 2. The quantitative estimate of drug-likeness (QED) is 0.625. The standard InChI is InChI=1S/C24H27Cl2N3O4/c25-16-7-8-21(19(26)10-16)33-13-22(31)29-12-15-4-1-5-18(15)23(29)24(32)28-17(11-27)9-14-3-2-6-20(14)30/h7-8,10,14-15,17-18,23H,1-6,9,12-13H2,(H,28,32)/t14-,15-,17-,18-,23?/m0/s1. The molecule has 3 aliphatic rings. The lowest BCUT2D eigenvalue weighted by Gasteiger charge is -2.28. The van der Waals surface area contributed by atoms with Crippen LogP contribution in [0.2, 0.25) is 10.0 Å². The van der Waals surface area contributed by atoms with Crippen LogP contribution >= 0.6 is 23.2 Å². The van der Waals surface area contributed by atoms with Crippen molar-refractivity contribution in [2.45, 2.75) is 57.0 Å². The van der Waals surface area contributed by atoms with E-state index in [1.165, 1.54) is 6.07 Å². The smallest absolute Gasteiger partial charge is 0.261 e. The molecule has 1 aromatic carbocycles. The number of ether oxygens (including phenoxy) is 1. The molecular formula is C24H27Cl2N3O4. The molecule has 1 heterocycles. The molecule has 1 aromatic rings. The summed E-state index contributed by atoms with van der Waals surface area (Å²) in [7, 11) is 0. The van der Waals surface area contributed by atoms with Gasteiger partial charge < -0.3 is 15.0 Å². The van der Waals surface area contributed by atoms with Gasteiger partial charge in [-0.25, -0.2) is 0 Å². The van der Waals surface area contributed by atoms with Gasteiger partial charge >= 0.3 is 0 Å². The van der Waals surface area contributed by atoms with Crippen molar-refractivity contribution >= 4 is 40.8 Å². The van der Waals surface area contributed by atoms with E-state index in [-0.39, 0.29) is 42.0 Å². The lowest BCUT2D eigenvalue weighted by Crippen LogP contribution is -2.52. The van der Waals surface area contributed by atoms with Gasteiger partial charge in [0.1, 0.15) is 23.6 Å². The number of rotatable bonds is 7. The van der Waals surface area contributed by atoms with Gasteiger partial charge in [0.25, 0.3) is 5.91 Å². The van der Waals surface area contributed by atoms with Crippen LogP contribution in [0.1, 0.15) is 44.9 Å². The third-order valence-electron chi connectivity index (χ3n) is 7.15. The number of likely N-dealkylation sites (tertiary alicyclic amines) is 1. The highest BCUT2D eigenvalue weighted by atomic mass is 35.5. The van der Waals surface area contributed by atoms with Gasteiger partial charge in [0.2, 0.25) is 5.91 Å². The van der Waals surface area contributed by atoms with Crippen molar-refractivity contribution in [1.82, 2.24) is 10.2 Å². The number of carbonyl (C=O) groups is 3. The number of carbonyl (C=O) groups excluding carboxylic acids is 3. The highest BCUT2D eigenvalue weighted by Crippen LogP contribution is 2.42. The Kier molecular flexibility index (Phi) is 7.45. The van der Waals surface area contributed by atoms with E-state index in [9.17, 15) is 19.6 Å². The first kappa shape index (κ1) is 23.8. The van der Waals surface area contributed by atoms with E-state index in [2.05, 4.69) is 11.4 Å². The maximum Gasteiger partial charge on any atom is 0.261 e. The number of fused-ring (bicyclic) bond motifs is 1. The fourth-order valence-corrected chi connectivity index (χ4v) is 6.00. The normalized spacial score (nSPS) is 27.2. The summed E-state index contributed by atoms with van der Waals surface area (Å²) >= 11 is 12.0. The highest BCUT2D eigenvalue weighted by Gasteiger charge is 2.49. The molecule has 1 aliphatic heterocycles. The van der Waals surface area contributed by atoms with Gasteiger partial charge in [-0.1, -0.05) is 29.6 Å². The number of hydrogen-bond donors (Lipinski definition) is 1. The largest absolute Gasteiger partial charge is 0.482 e. The SMILES string of the molecule is N#C[C@H](C[C@@H]1CCCC1=O)NC(=O)C1[C@H]2CCC[C@H]2CN1C(=O)COc1ccc(Cl)cc1Cl. The van der Waals surface area contributed by atoms with Crippen LogP contribution in [0.15, 0.2) is 18.2 Å². The number of nitriles is 1. The average molecular weight is 492 g/mol. The van der Waals surface area contributed by atoms with Crippen LogP contribution in [0, 0.1) is 29.1 Å². The minimum Gasteiger partial charge on any atom is -0.482 e. The molecule has 5 atom stereocenters. The molecule has 4 rings (SSSR count). The third kappa shape index (κ3) is 5.28. The predicted octanol–water partition coefficient (Wildman–Crippen LogP) is 3.77. The number of benzene rings is 1. The molecule has 0 aromatic heterocycles. The van der Waals surface area contributed by atoms with Crippen molar-refractivity contribution < 1.29 is 19.1 Å². The van der Waals surface area contributed by atoms with Gasteiger partial charge in [0.15, 0.2) is 6.61 Å². The summed E-state index contributed by atoms with van der Waals surface area (Å²) in [6.45, 7) is 0.250. The summed E-state index contributed by atoms with van der Waals surface area (Å²) < 4.78 is 5.62. The molecule has 1 N–H and O–H groups in total. The molecule has 1 saturated heterocycles. The first-order valence-corrected chi connectivity index (χ1v) is 12.2. The summed E-state index contributed by atoms with van der Waals surface area (Å²) in [5.74, 6) is 0.0558. The molecule has 3 fully saturated rings. The number of hydrogen-bond acceptors (Lipinski definition) is 5. The van der Waals surface area contributed by atoms with Crippen molar-refractivity contribution in [1.29, 1.82) is 5.26 Å². The third-order valence-corrected chi connectivity index (χ3v) is 7.68. The number of ketones is 1. The molecule has 0 spiro atoms. The Hall–Kier alpha value is -2.30. The monoisotopic (exact) mass is 491 g/mol. The summed E-state index contributed by atoms with van der Waals surface area (Å²) in [5, 5.41) is 13.2. The zero-order chi connectivity index (χ0) is 23.5. The summed E-state index contributed by atoms with van der Waals surface area (Å²) in [6, 6.07) is 5.51. The topological polar surface area (TPSA) is 99.5 Å². The summed E-state index contributed by atoms with van der Waals surface area (Å²) in [4.78, 5) is 39.9. The Morgan fingerprint density at radius 1 is 1.24 bits per heavy atom. The Bertz CT molecular complexity index is 979. The van der Waals surface area contributed by atoms with Crippen molar-refractivity contribution in [2.24, 2.45) is 17.8 Å². The van der Waals surface area contributed by atoms with Gasteiger partial charge in [-0.05, 0) is 62.1 Å². The minimum absolute atomic E-state index is 0.0699. The molecule has 176 valence electrons. The lowest BCUT2D eigenvalue weighted by molar-refractivity contribution is -0.141. The van der Waals surface area contributed by atoms with Crippen LogP contribution in [0.5, 0.6) is 5.75 Å². The molecule has 2 aliphatic carbocycles. The second-order valence-corrected chi connectivity index (χ2v) is 10.0. The molecule has 9 heteroatoms. The fourth-order valence-electron chi connectivity index (χ4n) is 5.54. The van der Waals surface area contributed by atoms with E-state index in [1.807, 2.05) is 0 Å². The van der Waals surface area contributed by atoms with Crippen molar-refractivity contribution in [2.75, 3.05) is 13.2 Å². The first-order chi connectivity index (χ1) is 15.9. The van der Waals surface area contributed by atoms with Gasteiger partial charge in [0, 0.05) is 23.9 Å². The Labute approximate surface area is 203 Å². The molecule has 0 radical (unpaired) electrons. The zero-order valence-corrected chi connectivity index (χ0v) is 19.8. The van der Waals surface area contributed by atoms with Gasteiger partial charge in [0.05, 0.1) is 11.1 Å². The number of halogens is 2. The van der Waals surface area contributed by atoms with E-state index in [0.717, 1.165) is 32.1 Å². The average Bonchev–Trinajstić information content (AvgIpc) is 3.48. The Morgan fingerprint density at radius 3 is 2.76 bits per heavy atom. The second-order valence-electron chi connectivity index (χ2n) is 9.19. The van der Waals surface area contributed by atoms with Crippen LogP contribution in [0.25, 0.3) is 0 Å². The van der Waals surface area contributed by atoms with Gasteiger partial charge in [-0.2, -0.15) is 5.26 Å². The molecule has 2 saturated carbocycles. The molecule has 0 bridgehead atoms. The van der Waals surface area contributed by atoms with Crippen LogP contribution < -0.4 is 10.1 Å². The maximum absolute atomic E-state index is 13.3. The van der Waals surface area contributed by atoms with E-state index in [1.54, 1.807) is 17.0 Å². The molecule has 7 nitrogen and oxygen atoms in total. The first-order valence-electron chi connectivity index (χ1n) is 11.5. The Balaban J connectivity index is 1.42. The van der Waals surface area contributed by atoms with E-state index in [4.69, 9.17) is 27.9 Å². The highest BCUT2D eigenvalue weighted by molar-refractivity contribution is 6.35. The molecule has 33 heavy (non-hydrogen) atoms. The number of Topliss-reactive ketones (excluding diaryl/α,β-unsaturated/α-hetero) is 1. The maximum atomic E-state index is 13.3. The fraction of sp³-hybridized carbons (Fsp3) is 0.583. The van der Waals surface area contributed by atoms with Crippen LogP contribution in [-0.4, -0.2) is 47.7 Å². The van der Waals surface area contributed by atoms with Crippen LogP contribution in [0.4, 0.5) is 0 Å². The second kappa shape index (κ2) is 10.3. The van der Waals surface area contributed by atoms with E-state index in [0.29, 0.717) is 35.2 Å².